The Kier molecular flexibility index (Phi) is 4.19. The average molecular weight is 440 g/mol. The number of pyridine rings is 1. The Morgan fingerprint density at radius 3 is 2.75 bits per heavy atom. The van der Waals surface area contributed by atoms with E-state index in [0.717, 1.165) is 57.4 Å². The Hall–Kier alpha value is -2.34. The predicted molar refractivity (Wildman–Crippen MR) is 113 cm³/mol. The molecule has 5 rings (SSSR count). The maximum atomic E-state index is 12.2. The first-order valence-corrected chi connectivity index (χ1v) is 10.4. The number of aryl methyl sites for hydroxylation is 1. The molecular weight excluding hydrogens is 418 g/mol. The van der Waals surface area contributed by atoms with Crippen molar-refractivity contribution in [3.63, 3.8) is 0 Å². The zero-order valence-electron chi connectivity index (χ0n) is 16.0. The molecule has 0 amide bonds. The molecule has 2 atom stereocenters. The molecule has 2 aliphatic rings. The van der Waals surface area contributed by atoms with Crippen molar-refractivity contribution in [2.45, 2.75) is 19.9 Å². The molecular formula is C22H22BrN3O2. The number of carbonyl (C=O) groups is 1. The molecule has 3 heterocycles. The van der Waals surface area contributed by atoms with Gasteiger partial charge in [-0.05, 0) is 55.0 Å². The van der Waals surface area contributed by atoms with E-state index in [9.17, 15) is 4.79 Å². The van der Waals surface area contributed by atoms with Crippen LogP contribution < -0.4 is 4.90 Å². The van der Waals surface area contributed by atoms with Gasteiger partial charge in [0.25, 0.3) is 0 Å². The second kappa shape index (κ2) is 6.62. The molecule has 1 aliphatic carbocycles. The van der Waals surface area contributed by atoms with Crippen LogP contribution >= 0.6 is 15.9 Å². The summed E-state index contributed by atoms with van der Waals surface area (Å²) in [7, 11) is 1.42. The first-order chi connectivity index (χ1) is 13.5. The van der Waals surface area contributed by atoms with E-state index in [-0.39, 0.29) is 5.97 Å². The van der Waals surface area contributed by atoms with Gasteiger partial charge in [-0.15, -0.1) is 0 Å². The van der Waals surface area contributed by atoms with Crippen LogP contribution in [0.1, 0.15) is 28.0 Å². The minimum absolute atomic E-state index is 0.320. The van der Waals surface area contributed by atoms with Gasteiger partial charge in [0, 0.05) is 46.9 Å². The number of methoxy groups -OCH3 is 1. The lowest BCUT2D eigenvalue weighted by atomic mass is 10.2. The van der Waals surface area contributed by atoms with Gasteiger partial charge < -0.3 is 14.2 Å². The number of anilines is 1. The summed E-state index contributed by atoms with van der Waals surface area (Å²) >= 11 is 3.50. The van der Waals surface area contributed by atoms with Gasteiger partial charge in [0.15, 0.2) is 0 Å². The summed E-state index contributed by atoms with van der Waals surface area (Å²) in [6.45, 7) is 5.03. The molecule has 5 nitrogen and oxygen atoms in total. The number of rotatable bonds is 4. The highest BCUT2D eigenvalue weighted by Gasteiger charge is 2.45. The third kappa shape index (κ3) is 3.00. The Morgan fingerprint density at radius 2 is 2.04 bits per heavy atom. The fourth-order valence-corrected chi connectivity index (χ4v) is 4.72. The third-order valence-electron chi connectivity index (χ3n) is 6.07. The number of aromatic nitrogens is 2. The molecule has 28 heavy (non-hydrogen) atoms. The average Bonchev–Trinajstić information content (AvgIpc) is 3.14. The molecule has 1 saturated heterocycles. The highest BCUT2D eigenvalue weighted by atomic mass is 79.9. The number of ether oxygens (including phenoxy) is 1. The van der Waals surface area contributed by atoms with Crippen LogP contribution in [0.25, 0.3) is 10.9 Å². The smallest absolute Gasteiger partial charge is 0.340 e. The molecule has 1 aromatic carbocycles. The second-order valence-corrected chi connectivity index (χ2v) is 8.81. The largest absolute Gasteiger partial charge is 0.465 e. The number of hydrogen-bond acceptors (Lipinski definition) is 4. The van der Waals surface area contributed by atoms with E-state index in [1.807, 2.05) is 24.4 Å². The van der Waals surface area contributed by atoms with Crippen molar-refractivity contribution in [3.8, 4) is 0 Å². The van der Waals surface area contributed by atoms with Crippen LogP contribution in [0.15, 0.2) is 41.0 Å². The minimum Gasteiger partial charge on any atom is -0.465 e. The van der Waals surface area contributed by atoms with E-state index in [0.29, 0.717) is 12.1 Å². The maximum Gasteiger partial charge on any atom is 0.340 e. The highest BCUT2D eigenvalue weighted by Crippen LogP contribution is 2.46. The van der Waals surface area contributed by atoms with Crippen LogP contribution in [0.4, 0.5) is 5.82 Å². The highest BCUT2D eigenvalue weighted by molar-refractivity contribution is 9.10. The molecule has 144 valence electrons. The Bertz CT molecular complexity index is 1080. The molecule has 0 radical (unpaired) electrons. The molecule has 6 heteroatoms. The van der Waals surface area contributed by atoms with Gasteiger partial charge in [-0.1, -0.05) is 22.0 Å². The minimum atomic E-state index is -0.320. The molecule has 3 aromatic rings. The van der Waals surface area contributed by atoms with E-state index >= 15 is 0 Å². The van der Waals surface area contributed by atoms with E-state index in [1.165, 1.54) is 13.5 Å². The molecule has 0 N–H and O–H groups in total. The Morgan fingerprint density at radius 1 is 1.25 bits per heavy atom. The lowest BCUT2D eigenvalue weighted by molar-refractivity contribution is 0.0602. The summed E-state index contributed by atoms with van der Waals surface area (Å²) in [5, 5.41) is 0.889. The SMILES string of the molecule is COC(=O)c1cn(Cc2ccc(N3CC4CC4C3)nc2C)c2ccc(Br)cc12. The molecule has 0 spiro atoms. The fourth-order valence-electron chi connectivity index (χ4n) is 4.36. The lowest BCUT2D eigenvalue weighted by Gasteiger charge is -2.20. The fraction of sp³-hybridized carbons (Fsp3) is 0.364. The van der Waals surface area contributed by atoms with E-state index < -0.39 is 0 Å². The van der Waals surface area contributed by atoms with E-state index in [2.05, 4.69) is 44.5 Å². The molecule has 2 unspecified atom stereocenters. The summed E-state index contributed by atoms with van der Waals surface area (Å²) in [6, 6.07) is 10.3. The van der Waals surface area contributed by atoms with Crippen LogP contribution in [0.3, 0.4) is 0 Å². The number of esters is 1. The van der Waals surface area contributed by atoms with Gasteiger partial charge in [-0.25, -0.2) is 9.78 Å². The monoisotopic (exact) mass is 439 g/mol. The molecule has 1 aliphatic heterocycles. The van der Waals surface area contributed by atoms with Gasteiger partial charge in [0.1, 0.15) is 5.82 Å². The summed E-state index contributed by atoms with van der Waals surface area (Å²) in [4.78, 5) is 19.5. The number of benzene rings is 1. The van der Waals surface area contributed by atoms with Crippen molar-refractivity contribution in [1.82, 2.24) is 9.55 Å². The normalized spacial score (nSPS) is 20.5. The number of carbonyl (C=O) groups excluding carboxylic acids is 1. The van der Waals surface area contributed by atoms with Crippen molar-refractivity contribution in [2.75, 3.05) is 25.1 Å². The maximum absolute atomic E-state index is 12.2. The van der Waals surface area contributed by atoms with Crippen LogP contribution in [0.5, 0.6) is 0 Å². The van der Waals surface area contributed by atoms with Crippen LogP contribution in [-0.4, -0.2) is 35.7 Å². The van der Waals surface area contributed by atoms with Crippen molar-refractivity contribution in [3.05, 3.63) is 57.8 Å². The first-order valence-electron chi connectivity index (χ1n) is 9.61. The van der Waals surface area contributed by atoms with Gasteiger partial charge in [-0.3, -0.25) is 0 Å². The van der Waals surface area contributed by atoms with Crippen LogP contribution in [0.2, 0.25) is 0 Å². The number of nitrogens with zero attached hydrogens (tertiary/aromatic N) is 3. The second-order valence-electron chi connectivity index (χ2n) is 7.90. The van der Waals surface area contributed by atoms with Crippen molar-refractivity contribution < 1.29 is 9.53 Å². The number of fused-ring (bicyclic) bond motifs is 2. The van der Waals surface area contributed by atoms with Gasteiger partial charge in [0.2, 0.25) is 0 Å². The third-order valence-corrected chi connectivity index (χ3v) is 6.57. The predicted octanol–water partition coefficient (Wildman–Crippen LogP) is 4.40. The first kappa shape index (κ1) is 17.7. The summed E-state index contributed by atoms with van der Waals surface area (Å²) < 4.78 is 8.01. The number of halogens is 1. The number of hydrogen-bond donors (Lipinski definition) is 0. The van der Waals surface area contributed by atoms with E-state index in [1.54, 1.807) is 0 Å². The molecule has 2 aromatic heterocycles. The zero-order chi connectivity index (χ0) is 19.4. The zero-order valence-corrected chi connectivity index (χ0v) is 17.6. The standard InChI is InChI=1S/C22H22BrN3O2/c1-13-14(3-6-21(24-13)26-10-15-7-16(15)11-26)9-25-12-19(22(27)28-2)18-8-17(23)4-5-20(18)25/h3-6,8,12,15-16H,7,9-11H2,1-2H3. The lowest BCUT2D eigenvalue weighted by Crippen LogP contribution is -2.23. The van der Waals surface area contributed by atoms with Crippen LogP contribution in [0, 0.1) is 18.8 Å². The summed E-state index contributed by atoms with van der Waals surface area (Å²) in [5.41, 5.74) is 3.78. The van der Waals surface area contributed by atoms with E-state index in [4.69, 9.17) is 9.72 Å². The van der Waals surface area contributed by atoms with Crippen molar-refractivity contribution in [1.29, 1.82) is 0 Å². The van der Waals surface area contributed by atoms with Gasteiger partial charge in [0.05, 0.1) is 12.7 Å². The molecule has 1 saturated carbocycles. The number of piperidine rings is 1. The quantitative estimate of drug-likeness (QED) is 0.565. The Labute approximate surface area is 172 Å². The topological polar surface area (TPSA) is 47.4 Å². The van der Waals surface area contributed by atoms with Crippen molar-refractivity contribution >= 4 is 38.6 Å². The van der Waals surface area contributed by atoms with Crippen molar-refractivity contribution in [2.24, 2.45) is 11.8 Å². The van der Waals surface area contributed by atoms with Gasteiger partial charge in [-0.2, -0.15) is 0 Å². The molecule has 2 fully saturated rings. The van der Waals surface area contributed by atoms with Gasteiger partial charge >= 0.3 is 5.97 Å². The summed E-state index contributed by atoms with van der Waals surface area (Å²) in [6.07, 6.45) is 3.27. The summed E-state index contributed by atoms with van der Waals surface area (Å²) in [5.74, 6) is 2.55. The molecule has 0 bridgehead atoms. The van der Waals surface area contributed by atoms with Crippen LogP contribution in [-0.2, 0) is 11.3 Å². The Balaban J connectivity index is 1.47.